The largest absolute Gasteiger partial charge is 0.370 e. The van der Waals surface area contributed by atoms with Crippen LogP contribution in [0, 0.1) is 0 Å². The lowest BCUT2D eigenvalue weighted by Crippen LogP contribution is -2.34. The van der Waals surface area contributed by atoms with Gasteiger partial charge in [0.1, 0.15) is 19.8 Å². The van der Waals surface area contributed by atoms with Gasteiger partial charge in [0.05, 0.1) is 5.69 Å². The van der Waals surface area contributed by atoms with Crippen LogP contribution in [-0.4, -0.2) is 54.2 Å². The van der Waals surface area contributed by atoms with E-state index < -0.39 is 0 Å². The lowest BCUT2D eigenvalue weighted by atomic mass is 10.0. The Morgan fingerprint density at radius 2 is 2.13 bits per heavy atom. The molecular weight excluding hydrogens is 401 g/mol. The zero-order valence-corrected chi connectivity index (χ0v) is 17.8. The maximum absolute atomic E-state index is 12.0. The minimum Gasteiger partial charge on any atom is -0.370 e. The third kappa shape index (κ3) is 4.60. The number of ether oxygens (including phenoxy) is 1. The lowest BCUT2D eigenvalue weighted by Gasteiger charge is -2.12. The molecule has 30 heavy (non-hydrogen) atoms. The first-order chi connectivity index (χ1) is 14.6. The molecule has 4 rings (SSSR count). The summed E-state index contributed by atoms with van der Waals surface area (Å²) < 4.78 is 7.21. The van der Waals surface area contributed by atoms with Crippen molar-refractivity contribution in [2.45, 2.75) is 31.8 Å². The monoisotopic (exact) mass is 425 g/mol. The van der Waals surface area contributed by atoms with E-state index >= 15 is 0 Å². The van der Waals surface area contributed by atoms with Crippen LogP contribution in [-0.2, 0) is 9.53 Å². The first-order valence-corrected chi connectivity index (χ1v) is 10.7. The van der Waals surface area contributed by atoms with E-state index in [1.807, 2.05) is 48.9 Å². The minimum atomic E-state index is -0.264. The van der Waals surface area contributed by atoms with Crippen molar-refractivity contribution in [1.82, 2.24) is 19.9 Å². The van der Waals surface area contributed by atoms with Gasteiger partial charge in [-0.15, -0.1) is 0 Å². The van der Waals surface area contributed by atoms with Gasteiger partial charge in [0.2, 0.25) is 5.91 Å². The van der Waals surface area contributed by atoms with Crippen LogP contribution in [0.4, 0.5) is 5.82 Å². The Bertz CT molecular complexity index is 1040. The van der Waals surface area contributed by atoms with Gasteiger partial charge in [-0.25, -0.2) is 4.98 Å². The molecule has 2 N–H and O–H groups in total. The number of carbonyl (C=O) groups is 1. The molecule has 1 aromatic carbocycles. The van der Waals surface area contributed by atoms with Crippen molar-refractivity contribution in [2.75, 3.05) is 25.0 Å². The van der Waals surface area contributed by atoms with Crippen molar-refractivity contribution in [3.8, 4) is 11.3 Å². The van der Waals surface area contributed by atoms with Gasteiger partial charge in [-0.1, -0.05) is 29.8 Å². The molecule has 3 heterocycles. The molecule has 156 valence electrons. The van der Waals surface area contributed by atoms with Gasteiger partial charge >= 0.3 is 0 Å². The first kappa shape index (κ1) is 20.7. The highest BCUT2D eigenvalue weighted by atomic mass is 35.5. The number of nitrogens with zero attached hydrogens (tertiary/aromatic N) is 3. The van der Waals surface area contributed by atoms with E-state index in [1.165, 1.54) is 0 Å². The van der Waals surface area contributed by atoms with Gasteiger partial charge in [0, 0.05) is 42.5 Å². The standard InChI is InChI=1S/C21H25BClN5O2/c22-15-13-26-28-19(12-17(27-20(15)28)14-6-1-2-7-16(14)23)24-9-3-4-10-25-21(29)18-8-5-11-30-18/h1-2,6-7,12-13,18,24H,3-5,8-11,22H2,(H,25,29). The van der Waals surface area contributed by atoms with Crippen molar-refractivity contribution in [3.05, 3.63) is 41.6 Å². The number of carbonyl (C=O) groups excluding carboxylic acids is 1. The van der Waals surface area contributed by atoms with Crippen molar-refractivity contribution in [2.24, 2.45) is 0 Å². The number of benzene rings is 1. The summed E-state index contributed by atoms with van der Waals surface area (Å²) in [7, 11) is 1.99. The Morgan fingerprint density at radius 3 is 2.93 bits per heavy atom. The number of halogens is 1. The first-order valence-electron chi connectivity index (χ1n) is 10.4. The van der Waals surface area contributed by atoms with E-state index in [4.69, 9.17) is 21.3 Å². The van der Waals surface area contributed by atoms with Crippen molar-refractivity contribution in [1.29, 1.82) is 0 Å². The third-order valence-electron chi connectivity index (χ3n) is 5.23. The number of fused-ring (bicyclic) bond motifs is 1. The molecule has 0 bridgehead atoms. The van der Waals surface area contributed by atoms with Crippen LogP contribution in [0.3, 0.4) is 0 Å². The Kier molecular flexibility index (Phi) is 6.54. The molecule has 3 aromatic rings. The second-order valence-corrected chi connectivity index (χ2v) is 7.90. The van der Waals surface area contributed by atoms with Crippen molar-refractivity contribution in [3.63, 3.8) is 0 Å². The number of hydrogen-bond donors (Lipinski definition) is 2. The number of amides is 1. The van der Waals surface area contributed by atoms with Gasteiger partial charge in [-0.3, -0.25) is 4.79 Å². The molecule has 9 heteroatoms. The summed E-state index contributed by atoms with van der Waals surface area (Å²) in [5.74, 6) is 0.874. The third-order valence-corrected chi connectivity index (χ3v) is 5.56. The average molecular weight is 426 g/mol. The molecule has 7 nitrogen and oxygen atoms in total. The molecule has 1 atom stereocenters. The molecule has 1 unspecified atom stereocenters. The second-order valence-electron chi connectivity index (χ2n) is 7.50. The fraction of sp³-hybridized carbons (Fsp3) is 0.381. The van der Waals surface area contributed by atoms with E-state index in [2.05, 4.69) is 15.7 Å². The highest BCUT2D eigenvalue weighted by Crippen LogP contribution is 2.28. The maximum atomic E-state index is 12.0. The van der Waals surface area contributed by atoms with Crippen LogP contribution in [0.5, 0.6) is 0 Å². The summed E-state index contributed by atoms with van der Waals surface area (Å²) in [6.07, 6.45) is 5.13. The molecule has 0 aliphatic carbocycles. The predicted octanol–water partition coefficient (Wildman–Crippen LogP) is 1.80. The lowest BCUT2D eigenvalue weighted by molar-refractivity contribution is -0.130. The molecule has 2 aromatic heterocycles. The Labute approximate surface area is 181 Å². The van der Waals surface area contributed by atoms with Crippen LogP contribution in [0.15, 0.2) is 36.5 Å². The molecule has 1 fully saturated rings. The van der Waals surface area contributed by atoms with Gasteiger partial charge < -0.3 is 15.4 Å². The van der Waals surface area contributed by atoms with Crippen molar-refractivity contribution >= 4 is 42.3 Å². The fourth-order valence-corrected chi connectivity index (χ4v) is 3.81. The van der Waals surface area contributed by atoms with E-state index in [1.54, 1.807) is 0 Å². The maximum Gasteiger partial charge on any atom is 0.249 e. The Hall–Kier alpha value is -2.58. The number of nitrogens with one attached hydrogen (secondary N) is 2. The predicted molar refractivity (Wildman–Crippen MR) is 121 cm³/mol. The van der Waals surface area contributed by atoms with E-state index in [0.717, 1.165) is 60.4 Å². The van der Waals surface area contributed by atoms with Gasteiger partial charge in [0.25, 0.3) is 0 Å². The summed E-state index contributed by atoms with van der Waals surface area (Å²) in [6.45, 7) is 2.10. The van der Waals surface area contributed by atoms with Crippen LogP contribution >= 0.6 is 11.6 Å². The normalized spacial score (nSPS) is 16.1. The van der Waals surface area contributed by atoms with E-state index in [9.17, 15) is 4.79 Å². The van der Waals surface area contributed by atoms with Gasteiger partial charge in [-0.2, -0.15) is 9.61 Å². The molecule has 1 aliphatic rings. The number of hydrogen-bond acceptors (Lipinski definition) is 5. The zero-order chi connectivity index (χ0) is 20.9. The second kappa shape index (κ2) is 9.49. The minimum absolute atomic E-state index is 0.00713. The van der Waals surface area contributed by atoms with E-state index in [0.29, 0.717) is 18.2 Å². The number of rotatable bonds is 8. The highest BCUT2D eigenvalue weighted by Gasteiger charge is 2.22. The SMILES string of the molecule is Bc1cnn2c(NCCCCNC(=O)C3CCCO3)cc(-c3ccccc3Cl)nc12. The molecule has 0 spiro atoms. The van der Waals surface area contributed by atoms with Gasteiger partial charge in [-0.05, 0) is 37.2 Å². The van der Waals surface area contributed by atoms with Gasteiger partial charge in [0.15, 0.2) is 5.65 Å². The molecule has 1 aliphatic heterocycles. The molecular formula is C21H25BClN5O2. The van der Waals surface area contributed by atoms with Crippen molar-refractivity contribution < 1.29 is 9.53 Å². The number of anilines is 1. The summed E-state index contributed by atoms with van der Waals surface area (Å²) in [6, 6.07) is 9.66. The molecule has 1 amide bonds. The zero-order valence-electron chi connectivity index (χ0n) is 17.0. The quantitative estimate of drug-likeness (QED) is 0.425. The molecule has 0 radical (unpaired) electrons. The summed E-state index contributed by atoms with van der Waals surface area (Å²) in [4.78, 5) is 16.7. The van der Waals surface area contributed by atoms with Crippen LogP contribution in [0.1, 0.15) is 25.7 Å². The number of unbranched alkanes of at least 4 members (excludes halogenated alkanes) is 1. The Balaban J connectivity index is 1.37. The highest BCUT2D eigenvalue weighted by molar-refractivity contribution is 6.36. The van der Waals surface area contributed by atoms with Crippen LogP contribution in [0.25, 0.3) is 16.9 Å². The topological polar surface area (TPSA) is 80.5 Å². The fourth-order valence-electron chi connectivity index (χ4n) is 3.58. The molecule has 1 saturated heterocycles. The molecule has 0 saturated carbocycles. The van der Waals surface area contributed by atoms with Crippen LogP contribution < -0.4 is 16.1 Å². The summed E-state index contributed by atoms with van der Waals surface area (Å²) in [5.41, 5.74) is 3.51. The number of aromatic nitrogens is 3. The summed E-state index contributed by atoms with van der Waals surface area (Å²) >= 11 is 6.38. The smallest absolute Gasteiger partial charge is 0.249 e. The Morgan fingerprint density at radius 1 is 1.30 bits per heavy atom. The summed E-state index contributed by atoms with van der Waals surface area (Å²) in [5, 5.41) is 11.5. The van der Waals surface area contributed by atoms with E-state index in [-0.39, 0.29) is 12.0 Å². The van der Waals surface area contributed by atoms with Crippen LogP contribution in [0.2, 0.25) is 5.02 Å². The average Bonchev–Trinajstić information content (AvgIpc) is 3.41.